The Morgan fingerprint density at radius 1 is 1.00 bits per heavy atom. The van der Waals surface area contributed by atoms with Gasteiger partial charge in [0.2, 0.25) is 0 Å². The van der Waals surface area contributed by atoms with E-state index < -0.39 is 0 Å². The summed E-state index contributed by atoms with van der Waals surface area (Å²) in [5.74, 6) is 0. The molecule has 1 aromatic rings. The summed E-state index contributed by atoms with van der Waals surface area (Å²) in [7, 11) is 0. The molecule has 1 saturated heterocycles. The van der Waals surface area contributed by atoms with Gasteiger partial charge in [-0.2, -0.15) is 0 Å². The fourth-order valence-electron chi connectivity index (χ4n) is 3.21. The number of para-hydroxylation sites is 2. The summed E-state index contributed by atoms with van der Waals surface area (Å²) in [6.45, 7) is 6.98. The molecule has 0 bridgehead atoms. The highest BCUT2D eigenvalue weighted by Gasteiger charge is 2.15. The highest BCUT2D eigenvalue weighted by atomic mass is 15.1. The summed E-state index contributed by atoms with van der Waals surface area (Å²) < 4.78 is 0. The van der Waals surface area contributed by atoms with E-state index >= 15 is 0 Å². The average Bonchev–Trinajstić information content (AvgIpc) is 2.49. The van der Waals surface area contributed by atoms with E-state index in [1.807, 2.05) is 0 Å². The van der Waals surface area contributed by atoms with E-state index in [4.69, 9.17) is 0 Å². The van der Waals surface area contributed by atoms with Gasteiger partial charge in [-0.25, -0.2) is 0 Å². The van der Waals surface area contributed by atoms with Crippen LogP contribution in [0.25, 0.3) is 0 Å². The molecule has 2 nitrogen and oxygen atoms in total. The van der Waals surface area contributed by atoms with Crippen molar-refractivity contribution in [2.45, 2.75) is 64.8 Å². The lowest BCUT2D eigenvalue weighted by atomic mass is 10.1. The van der Waals surface area contributed by atoms with Crippen LogP contribution in [0.4, 0.5) is 11.4 Å². The van der Waals surface area contributed by atoms with E-state index in [-0.39, 0.29) is 0 Å². The Balaban J connectivity index is 2.09. The molecule has 0 aliphatic carbocycles. The van der Waals surface area contributed by atoms with Gasteiger partial charge in [-0.3, -0.25) is 0 Å². The average molecular weight is 274 g/mol. The predicted octanol–water partition coefficient (Wildman–Crippen LogP) is 5.06. The number of nitrogens with zero attached hydrogens (tertiary/aromatic N) is 1. The quantitative estimate of drug-likeness (QED) is 0.748. The molecule has 0 radical (unpaired) electrons. The van der Waals surface area contributed by atoms with Gasteiger partial charge in [0.1, 0.15) is 0 Å². The Kier molecular flexibility index (Phi) is 6.23. The minimum atomic E-state index is 0.621. The molecule has 0 spiro atoms. The largest absolute Gasteiger partial charge is 0.381 e. The van der Waals surface area contributed by atoms with Crippen molar-refractivity contribution in [2.24, 2.45) is 0 Å². The lowest BCUT2D eigenvalue weighted by Gasteiger charge is -2.32. The molecule has 112 valence electrons. The first-order chi connectivity index (χ1) is 9.85. The van der Waals surface area contributed by atoms with Crippen LogP contribution in [0.1, 0.15) is 58.8 Å². The Morgan fingerprint density at radius 3 is 2.30 bits per heavy atom. The molecule has 1 N–H and O–H groups in total. The molecule has 2 rings (SSSR count). The molecular formula is C18H30N2. The molecule has 1 fully saturated rings. The number of rotatable bonds is 7. The van der Waals surface area contributed by atoms with Gasteiger partial charge in [-0.15, -0.1) is 0 Å². The Morgan fingerprint density at radius 2 is 1.65 bits per heavy atom. The van der Waals surface area contributed by atoms with E-state index in [0.29, 0.717) is 6.04 Å². The third kappa shape index (κ3) is 4.16. The molecule has 1 aliphatic heterocycles. The highest BCUT2D eigenvalue weighted by molar-refractivity contribution is 5.70. The summed E-state index contributed by atoms with van der Waals surface area (Å²) >= 11 is 0. The Labute approximate surface area is 124 Å². The van der Waals surface area contributed by atoms with Gasteiger partial charge in [0, 0.05) is 19.1 Å². The summed E-state index contributed by atoms with van der Waals surface area (Å²) in [6, 6.07) is 9.48. The van der Waals surface area contributed by atoms with Crippen LogP contribution in [0.3, 0.4) is 0 Å². The first-order valence-corrected chi connectivity index (χ1v) is 8.45. The topological polar surface area (TPSA) is 15.3 Å². The van der Waals surface area contributed by atoms with Crippen molar-refractivity contribution in [1.82, 2.24) is 0 Å². The maximum absolute atomic E-state index is 3.81. The zero-order chi connectivity index (χ0) is 14.2. The molecule has 0 amide bonds. The maximum Gasteiger partial charge on any atom is 0.0602 e. The molecule has 2 heteroatoms. The van der Waals surface area contributed by atoms with Crippen molar-refractivity contribution in [1.29, 1.82) is 0 Å². The van der Waals surface area contributed by atoms with Gasteiger partial charge in [-0.05, 0) is 44.2 Å². The monoisotopic (exact) mass is 274 g/mol. The number of benzene rings is 1. The minimum absolute atomic E-state index is 0.621. The fourth-order valence-corrected chi connectivity index (χ4v) is 3.21. The smallest absolute Gasteiger partial charge is 0.0602 e. The second-order valence-corrected chi connectivity index (χ2v) is 5.98. The minimum Gasteiger partial charge on any atom is -0.381 e. The lowest BCUT2D eigenvalue weighted by molar-refractivity contribution is 0.573. The second kappa shape index (κ2) is 8.18. The van der Waals surface area contributed by atoms with Gasteiger partial charge in [0.05, 0.1) is 11.4 Å². The number of hydrogen-bond donors (Lipinski definition) is 1. The zero-order valence-corrected chi connectivity index (χ0v) is 13.2. The van der Waals surface area contributed by atoms with E-state index in [9.17, 15) is 0 Å². The van der Waals surface area contributed by atoms with Crippen LogP contribution in [-0.4, -0.2) is 19.1 Å². The molecule has 0 saturated carbocycles. The SMILES string of the molecule is CCCC(CCC)Nc1ccccc1N1CCCCC1. The number of hydrogen-bond acceptors (Lipinski definition) is 2. The van der Waals surface area contributed by atoms with Crippen molar-refractivity contribution in [3.8, 4) is 0 Å². The number of piperidine rings is 1. The van der Waals surface area contributed by atoms with E-state index in [1.54, 1.807) is 0 Å². The molecule has 20 heavy (non-hydrogen) atoms. The maximum atomic E-state index is 3.81. The van der Waals surface area contributed by atoms with Crippen LogP contribution in [-0.2, 0) is 0 Å². The normalized spacial score (nSPS) is 15.7. The first kappa shape index (κ1) is 15.2. The zero-order valence-electron chi connectivity index (χ0n) is 13.2. The van der Waals surface area contributed by atoms with E-state index in [2.05, 4.69) is 48.3 Å². The van der Waals surface area contributed by atoms with Crippen molar-refractivity contribution in [2.75, 3.05) is 23.3 Å². The summed E-state index contributed by atoms with van der Waals surface area (Å²) in [5, 5.41) is 3.81. The summed E-state index contributed by atoms with van der Waals surface area (Å²) in [4.78, 5) is 2.56. The van der Waals surface area contributed by atoms with Crippen LogP contribution >= 0.6 is 0 Å². The fraction of sp³-hybridized carbons (Fsp3) is 0.667. The summed E-state index contributed by atoms with van der Waals surface area (Å²) in [5.41, 5.74) is 2.74. The summed E-state index contributed by atoms with van der Waals surface area (Å²) in [6.07, 6.45) is 9.10. The molecule has 0 atom stereocenters. The van der Waals surface area contributed by atoms with Crippen molar-refractivity contribution >= 4 is 11.4 Å². The number of nitrogens with one attached hydrogen (secondary N) is 1. The van der Waals surface area contributed by atoms with Gasteiger partial charge in [0.25, 0.3) is 0 Å². The molecule has 0 aromatic heterocycles. The highest BCUT2D eigenvalue weighted by Crippen LogP contribution is 2.29. The standard InChI is InChI=1S/C18H30N2/c1-3-10-16(11-4-2)19-17-12-6-7-13-18(17)20-14-8-5-9-15-20/h6-7,12-13,16,19H,3-5,8-11,14-15H2,1-2H3. The molecule has 1 aliphatic rings. The predicted molar refractivity (Wildman–Crippen MR) is 89.7 cm³/mol. The van der Waals surface area contributed by atoms with Crippen molar-refractivity contribution < 1.29 is 0 Å². The van der Waals surface area contributed by atoms with Gasteiger partial charge >= 0.3 is 0 Å². The van der Waals surface area contributed by atoms with Crippen LogP contribution < -0.4 is 10.2 Å². The third-order valence-corrected chi connectivity index (χ3v) is 4.23. The number of anilines is 2. The van der Waals surface area contributed by atoms with Crippen LogP contribution in [0, 0.1) is 0 Å². The van der Waals surface area contributed by atoms with E-state index in [1.165, 1.54) is 69.4 Å². The van der Waals surface area contributed by atoms with Gasteiger partial charge in [-0.1, -0.05) is 38.8 Å². The first-order valence-electron chi connectivity index (χ1n) is 8.45. The molecule has 1 heterocycles. The second-order valence-electron chi connectivity index (χ2n) is 5.98. The van der Waals surface area contributed by atoms with Crippen LogP contribution in [0.5, 0.6) is 0 Å². The van der Waals surface area contributed by atoms with Gasteiger partial charge < -0.3 is 10.2 Å². The Bertz CT molecular complexity index is 377. The molecule has 1 aromatic carbocycles. The molecule has 0 unspecified atom stereocenters. The molecular weight excluding hydrogens is 244 g/mol. The van der Waals surface area contributed by atoms with E-state index in [0.717, 1.165) is 0 Å². The lowest BCUT2D eigenvalue weighted by Crippen LogP contribution is -2.30. The third-order valence-electron chi connectivity index (χ3n) is 4.23. The van der Waals surface area contributed by atoms with Crippen LogP contribution in [0.15, 0.2) is 24.3 Å². The van der Waals surface area contributed by atoms with Crippen LogP contribution in [0.2, 0.25) is 0 Å². The van der Waals surface area contributed by atoms with Crippen molar-refractivity contribution in [3.05, 3.63) is 24.3 Å². The Hall–Kier alpha value is -1.18. The van der Waals surface area contributed by atoms with Gasteiger partial charge in [0.15, 0.2) is 0 Å². The van der Waals surface area contributed by atoms with Crippen molar-refractivity contribution in [3.63, 3.8) is 0 Å².